The minimum Gasteiger partial charge on any atom is -0.481 e. The number of hydrogen-bond donors (Lipinski definition) is 7. The van der Waals surface area contributed by atoms with E-state index >= 15 is 0 Å². The highest BCUT2D eigenvalue weighted by molar-refractivity contribution is 7.98. The molecule has 8 N–H and O–H groups in total. The molecular weight excluding hydrogens is 644 g/mol. The number of aryl methyl sites for hydroxylation is 1. The van der Waals surface area contributed by atoms with Crippen LogP contribution in [-0.2, 0) is 38.6 Å². The van der Waals surface area contributed by atoms with Crippen LogP contribution in [0.5, 0.6) is 0 Å². The third-order valence-electron chi connectivity index (χ3n) is 7.75. The van der Waals surface area contributed by atoms with Crippen molar-refractivity contribution >= 4 is 35.5 Å². The number of aliphatic hydroxyl groups excluding tert-OH is 1. The van der Waals surface area contributed by atoms with E-state index < -0.39 is 71.5 Å². The van der Waals surface area contributed by atoms with Crippen molar-refractivity contribution in [3.05, 3.63) is 70.8 Å². The van der Waals surface area contributed by atoms with Gasteiger partial charge in [-0.15, -0.1) is 0 Å². The van der Waals surface area contributed by atoms with Crippen LogP contribution in [0.15, 0.2) is 42.5 Å². The lowest BCUT2D eigenvalue weighted by molar-refractivity contribution is -0.137. The number of amides is 3. The van der Waals surface area contributed by atoms with Crippen LogP contribution < -0.4 is 27.0 Å². The Morgan fingerprint density at radius 1 is 0.896 bits per heavy atom. The Kier molecular flexibility index (Phi) is 17.5. The molecule has 2 rings (SSSR count). The van der Waals surface area contributed by atoms with Crippen molar-refractivity contribution < 1.29 is 38.2 Å². The first-order valence-electron chi connectivity index (χ1n) is 16.0. The quantitative estimate of drug-likeness (QED) is 0.103. The summed E-state index contributed by atoms with van der Waals surface area (Å²) in [4.78, 5) is 50.6. The number of nitrogens with one attached hydrogen (secondary N) is 4. The number of aliphatic carboxylic acids is 1. The standard InChI is InChI=1S/C34H49F2N5O6S/c1-5-21-7-6-8-22(13-21)18-38-19-29(42)28(16-23-14-24(35)17-25(36)15-23)40-33(46)27(11-12-48-4)39-34(47)31(20(2)3)41-32(45)26(37)9-10-30(43)44/h6-8,13-15,17,20,26-29,31,38,42H,5,9-12,16,18-19,37H2,1-4H3,(H,39,47)(H,40,46)(H,41,45)(H,43,44)/t26-,27-,28+,29-,31+/m1/s1. The molecule has 2 aromatic carbocycles. The average Bonchev–Trinajstić information content (AvgIpc) is 3.03. The molecule has 5 atom stereocenters. The molecule has 266 valence electrons. The number of carboxylic acids is 1. The predicted molar refractivity (Wildman–Crippen MR) is 182 cm³/mol. The Morgan fingerprint density at radius 3 is 2.17 bits per heavy atom. The third-order valence-corrected chi connectivity index (χ3v) is 8.39. The zero-order valence-electron chi connectivity index (χ0n) is 27.9. The van der Waals surface area contributed by atoms with Crippen LogP contribution in [-0.4, -0.2) is 82.7 Å². The summed E-state index contributed by atoms with van der Waals surface area (Å²) in [6.07, 6.45) is 1.19. The molecule has 0 unspecified atom stereocenters. The van der Waals surface area contributed by atoms with Gasteiger partial charge in [-0.25, -0.2) is 8.78 Å². The third kappa shape index (κ3) is 14.3. The number of rotatable bonds is 21. The molecule has 0 saturated heterocycles. The van der Waals surface area contributed by atoms with E-state index in [9.17, 15) is 33.1 Å². The second kappa shape index (κ2) is 20.7. The number of halogens is 2. The van der Waals surface area contributed by atoms with E-state index in [1.807, 2.05) is 37.4 Å². The molecule has 0 bridgehead atoms. The summed E-state index contributed by atoms with van der Waals surface area (Å²) in [7, 11) is 0. The van der Waals surface area contributed by atoms with E-state index in [2.05, 4.69) is 21.3 Å². The normalized spacial score (nSPS) is 14.4. The number of nitrogens with two attached hydrogens (primary N) is 1. The van der Waals surface area contributed by atoms with E-state index in [4.69, 9.17) is 10.8 Å². The highest BCUT2D eigenvalue weighted by Gasteiger charge is 2.32. The van der Waals surface area contributed by atoms with Crippen molar-refractivity contribution in [2.45, 2.75) is 89.7 Å². The van der Waals surface area contributed by atoms with Crippen LogP contribution in [0, 0.1) is 17.6 Å². The number of thioether (sulfide) groups is 1. The van der Waals surface area contributed by atoms with Crippen molar-refractivity contribution in [1.82, 2.24) is 21.3 Å². The fourth-order valence-electron chi connectivity index (χ4n) is 4.99. The Hall–Kier alpha value is -3.59. The molecule has 14 heteroatoms. The molecule has 0 saturated carbocycles. The molecule has 0 heterocycles. The molecule has 0 aromatic heterocycles. The van der Waals surface area contributed by atoms with Crippen molar-refractivity contribution in [1.29, 1.82) is 0 Å². The van der Waals surface area contributed by atoms with Crippen LogP contribution in [0.2, 0.25) is 0 Å². The first-order chi connectivity index (χ1) is 22.7. The van der Waals surface area contributed by atoms with E-state index in [0.717, 1.165) is 35.7 Å². The van der Waals surface area contributed by atoms with Crippen LogP contribution in [0.25, 0.3) is 0 Å². The van der Waals surface area contributed by atoms with Gasteiger partial charge in [-0.05, 0) is 72.4 Å². The van der Waals surface area contributed by atoms with Gasteiger partial charge in [0, 0.05) is 25.6 Å². The minimum absolute atomic E-state index is 0.0462. The van der Waals surface area contributed by atoms with Gasteiger partial charge in [0.05, 0.1) is 18.2 Å². The largest absolute Gasteiger partial charge is 0.481 e. The van der Waals surface area contributed by atoms with Gasteiger partial charge >= 0.3 is 5.97 Å². The zero-order chi connectivity index (χ0) is 35.8. The maximum atomic E-state index is 14.0. The van der Waals surface area contributed by atoms with Crippen molar-refractivity contribution in [3.8, 4) is 0 Å². The topological polar surface area (TPSA) is 183 Å². The summed E-state index contributed by atoms with van der Waals surface area (Å²) < 4.78 is 28.1. The Balaban J connectivity index is 2.22. The minimum atomic E-state index is -1.18. The number of benzene rings is 2. The van der Waals surface area contributed by atoms with Crippen LogP contribution >= 0.6 is 11.8 Å². The Labute approximate surface area is 285 Å². The van der Waals surface area contributed by atoms with Gasteiger partial charge in [0.1, 0.15) is 23.7 Å². The SMILES string of the molecule is CCc1cccc(CNC[C@@H](O)[C@H](Cc2cc(F)cc(F)c2)NC(=O)[C@@H](CCSC)NC(=O)[C@@H](NC(=O)[C@H](N)CCC(=O)O)C(C)C)c1. The van der Waals surface area contributed by atoms with Crippen molar-refractivity contribution in [2.75, 3.05) is 18.6 Å². The van der Waals surface area contributed by atoms with Crippen molar-refractivity contribution in [3.63, 3.8) is 0 Å². The first-order valence-corrected chi connectivity index (χ1v) is 17.4. The number of hydrogen-bond acceptors (Lipinski definition) is 8. The maximum Gasteiger partial charge on any atom is 0.303 e. The van der Waals surface area contributed by atoms with Gasteiger partial charge < -0.3 is 37.2 Å². The van der Waals surface area contributed by atoms with Crippen LogP contribution in [0.4, 0.5) is 8.78 Å². The average molecular weight is 694 g/mol. The summed E-state index contributed by atoms with van der Waals surface area (Å²) in [5, 5.41) is 31.3. The monoisotopic (exact) mass is 693 g/mol. The van der Waals surface area contributed by atoms with Crippen LogP contribution in [0.1, 0.15) is 56.7 Å². The second-order valence-corrected chi connectivity index (χ2v) is 13.1. The van der Waals surface area contributed by atoms with E-state index in [1.54, 1.807) is 13.8 Å². The molecule has 48 heavy (non-hydrogen) atoms. The number of aliphatic hydroxyl groups is 1. The fraction of sp³-hybridized carbons (Fsp3) is 0.529. The Bertz CT molecular complexity index is 1350. The molecule has 0 spiro atoms. The fourth-order valence-corrected chi connectivity index (χ4v) is 5.46. The highest BCUT2D eigenvalue weighted by Crippen LogP contribution is 2.14. The number of carbonyl (C=O) groups is 4. The van der Waals surface area contributed by atoms with Gasteiger partial charge in [0.25, 0.3) is 0 Å². The summed E-state index contributed by atoms with van der Waals surface area (Å²) >= 11 is 1.45. The molecule has 11 nitrogen and oxygen atoms in total. The van der Waals surface area contributed by atoms with Gasteiger partial charge in [-0.3, -0.25) is 19.2 Å². The smallest absolute Gasteiger partial charge is 0.303 e. The summed E-state index contributed by atoms with van der Waals surface area (Å²) in [6.45, 7) is 5.92. The molecule has 0 fully saturated rings. The number of carboxylic acid groups (broad SMARTS) is 1. The summed E-state index contributed by atoms with van der Waals surface area (Å²) in [6, 6.07) is 6.65. The second-order valence-electron chi connectivity index (χ2n) is 12.1. The molecule has 0 radical (unpaired) electrons. The van der Waals surface area contributed by atoms with Gasteiger partial charge in [0.2, 0.25) is 17.7 Å². The van der Waals surface area contributed by atoms with Crippen LogP contribution in [0.3, 0.4) is 0 Å². The molecule has 0 aliphatic rings. The molecule has 0 aliphatic carbocycles. The van der Waals surface area contributed by atoms with E-state index in [-0.39, 0.29) is 37.8 Å². The van der Waals surface area contributed by atoms with E-state index in [1.165, 1.54) is 11.8 Å². The zero-order valence-corrected chi connectivity index (χ0v) is 28.7. The van der Waals surface area contributed by atoms with Gasteiger partial charge in [-0.2, -0.15) is 11.8 Å². The van der Waals surface area contributed by atoms with Crippen molar-refractivity contribution in [2.24, 2.45) is 11.7 Å². The number of carbonyl (C=O) groups excluding carboxylic acids is 3. The lowest BCUT2D eigenvalue weighted by Gasteiger charge is -2.29. The van der Waals surface area contributed by atoms with Gasteiger partial charge in [0.15, 0.2) is 0 Å². The molecule has 0 aliphatic heterocycles. The highest BCUT2D eigenvalue weighted by atomic mass is 32.2. The lowest BCUT2D eigenvalue weighted by atomic mass is 9.99. The molecule has 3 amide bonds. The Morgan fingerprint density at radius 2 is 1.56 bits per heavy atom. The predicted octanol–water partition coefficient (Wildman–Crippen LogP) is 2.28. The molecule has 2 aromatic rings. The summed E-state index contributed by atoms with van der Waals surface area (Å²) in [5.74, 6) is -4.60. The lowest BCUT2D eigenvalue weighted by Crippen LogP contribution is -2.59. The molecular formula is C34H49F2N5O6S. The maximum absolute atomic E-state index is 14.0. The van der Waals surface area contributed by atoms with Gasteiger partial charge in [-0.1, -0.05) is 45.0 Å². The van der Waals surface area contributed by atoms with E-state index in [0.29, 0.717) is 12.3 Å². The first kappa shape index (κ1) is 40.6. The summed E-state index contributed by atoms with van der Waals surface area (Å²) in [5.41, 5.74) is 8.21.